The summed E-state index contributed by atoms with van der Waals surface area (Å²) < 4.78 is 14.5. The normalized spacial score (nSPS) is 13.7. The van der Waals surface area contributed by atoms with Gasteiger partial charge in [0, 0.05) is 18.0 Å². The summed E-state index contributed by atoms with van der Waals surface area (Å²) in [5, 5.41) is 8.79. The highest BCUT2D eigenvalue weighted by atomic mass is 79.9. The third kappa shape index (κ3) is 3.09. The van der Waals surface area contributed by atoms with Crippen LogP contribution in [0.4, 0.5) is 0 Å². The molecule has 0 aromatic carbocycles. The molecule has 7 heteroatoms. The van der Waals surface area contributed by atoms with E-state index in [9.17, 15) is 4.21 Å². The molecule has 0 amide bonds. The van der Waals surface area contributed by atoms with Gasteiger partial charge in [0.05, 0.1) is 13.5 Å². The largest absolute Gasteiger partial charge is 0.248 e. The average Bonchev–Trinajstić information content (AvgIpc) is 2.18. The van der Waals surface area contributed by atoms with E-state index in [1.54, 1.807) is 18.3 Å². The van der Waals surface area contributed by atoms with E-state index < -0.39 is 9.71 Å². The van der Waals surface area contributed by atoms with E-state index in [0.29, 0.717) is 14.5 Å². The fourth-order valence-electron chi connectivity index (χ4n) is 0.849. The summed E-state index contributed by atoms with van der Waals surface area (Å²) in [6, 6.07) is 3.25. The van der Waals surface area contributed by atoms with Gasteiger partial charge >= 0.3 is 0 Å². The molecule has 80 valence electrons. The number of nitriles is 1. The van der Waals surface area contributed by atoms with Gasteiger partial charge in [-0.3, -0.25) is 0 Å². The van der Waals surface area contributed by atoms with Crippen molar-refractivity contribution >= 4 is 41.0 Å². The van der Waals surface area contributed by atoms with Crippen molar-refractivity contribution in [1.29, 1.82) is 5.26 Å². The first-order valence-corrected chi connectivity index (χ1v) is 6.90. The number of rotatable bonds is 2. The van der Waals surface area contributed by atoms with Crippen LogP contribution >= 0.6 is 27.5 Å². The summed E-state index contributed by atoms with van der Waals surface area (Å²) >= 11 is 8.79. The Morgan fingerprint density at radius 3 is 2.87 bits per heavy atom. The smallest absolute Gasteiger partial charge is 0.188 e. The minimum atomic E-state index is -2.59. The molecule has 1 aromatic heterocycles. The fraction of sp³-hybridized carbons (Fsp3) is 0.125. The molecule has 1 rings (SSSR count). The number of hydrogen-bond donors (Lipinski definition) is 1. The first-order chi connectivity index (χ1) is 6.97. The van der Waals surface area contributed by atoms with Crippen LogP contribution in [0.25, 0.3) is 0 Å². The predicted molar refractivity (Wildman–Crippen MR) is 65.1 cm³/mol. The Kier molecular flexibility index (Phi) is 3.97. The molecule has 1 heterocycles. The first kappa shape index (κ1) is 12.3. The highest BCUT2D eigenvalue weighted by Crippen LogP contribution is 2.11. The average molecular weight is 309 g/mol. The lowest BCUT2D eigenvalue weighted by atomic mass is 10.3. The van der Waals surface area contributed by atoms with Crippen LogP contribution in [0.5, 0.6) is 0 Å². The van der Waals surface area contributed by atoms with Crippen molar-refractivity contribution in [3.8, 4) is 6.19 Å². The molecule has 0 aliphatic carbocycles. The predicted octanol–water partition coefficient (Wildman–Crippen LogP) is 1.51. The second-order valence-electron chi connectivity index (χ2n) is 2.70. The van der Waals surface area contributed by atoms with Crippen LogP contribution in [-0.4, -0.2) is 19.2 Å². The first-order valence-electron chi connectivity index (χ1n) is 3.77. The van der Waals surface area contributed by atoms with E-state index in [2.05, 4.69) is 25.6 Å². The molecule has 1 atom stereocenters. The molecule has 0 aliphatic rings. The maximum Gasteiger partial charge on any atom is 0.188 e. The molecule has 0 fully saturated rings. The zero-order valence-corrected chi connectivity index (χ0v) is 10.9. The summed E-state index contributed by atoms with van der Waals surface area (Å²) in [6.07, 6.45) is 4.55. The van der Waals surface area contributed by atoms with E-state index in [1.807, 2.05) is 0 Å². The second-order valence-corrected chi connectivity index (χ2v) is 6.71. The van der Waals surface area contributed by atoms with Gasteiger partial charge in [0.2, 0.25) is 0 Å². The van der Waals surface area contributed by atoms with E-state index in [4.69, 9.17) is 16.9 Å². The molecule has 1 N–H and O–H groups in total. The SMILES string of the molecule is CS(=O)(NC#N)=C(Br)c1ccc(Cl)nc1. The summed E-state index contributed by atoms with van der Waals surface area (Å²) in [5.74, 6) is 0. The monoisotopic (exact) mass is 307 g/mol. The highest BCUT2D eigenvalue weighted by Gasteiger charge is 2.09. The molecule has 0 aliphatic heterocycles. The summed E-state index contributed by atoms with van der Waals surface area (Å²) in [7, 11) is -2.59. The van der Waals surface area contributed by atoms with Crippen molar-refractivity contribution in [2.24, 2.45) is 0 Å². The van der Waals surface area contributed by atoms with Crippen molar-refractivity contribution in [2.75, 3.05) is 6.26 Å². The second kappa shape index (κ2) is 4.84. The minimum Gasteiger partial charge on any atom is -0.248 e. The van der Waals surface area contributed by atoms with Crippen molar-refractivity contribution in [3.05, 3.63) is 29.0 Å². The number of nitrogens with one attached hydrogen (secondary N) is 1. The molecule has 1 unspecified atom stereocenters. The molecule has 0 radical (unpaired) electrons. The van der Waals surface area contributed by atoms with E-state index in [-0.39, 0.29) is 0 Å². The number of pyridine rings is 1. The van der Waals surface area contributed by atoms with Crippen LogP contribution in [-0.2, 0) is 9.71 Å². The number of hydrogen-bond acceptors (Lipinski definition) is 3. The van der Waals surface area contributed by atoms with Crippen LogP contribution < -0.4 is 4.72 Å². The molecule has 15 heavy (non-hydrogen) atoms. The molecule has 0 bridgehead atoms. The zero-order chi connectivity index (χ0) is 11.5. The Morgan fingerprint density at radius 1 is 1.73 bits per heavy atom. The van der Waals surface area contributed by atoms with Crippen molar-refractivity contribution in [1.82, 2.24) is 9.71 Å². The Balaban J connectivity index is 3.26. The maximum absolute atomic E-state index is 11.9. The Hall–Kier alpha value is -0.770. The Labute approximate surface area is 102 Å². The van der Waals surface area contributed by atoms with Gasteiger partial charge in [0.15, 0.2) is 6.19 Å². The van der Waals surface area contributed by atoms with Crippen LogP contribution in [0.3, 0.4) is 0 Å². The number of nitrogens with zero attached hydrogens (tertiary/aromatic N) is 2. The molecular weight excluding hydrogens is 302 g/mol. The molecule has 4 nitrogen and oxygen atoms in total. The van der Waals surface area contributed by atoms with Crippen LogP contribution in [0.1, 0.15) is 5.56 Å². The van der Waals surface area contributed by atoms with Gasteiger partial charge in [0.25, 0.3) is 0 Å². The van der Waals surface area contributed by atoms with E-state index in [0.717, 1.165) is 0 Å². The van der Waals surface area contributed by atoms with Gasteiger partial charge in [-0.05, 0) is 28.1 Å². The van der Waals surface area contributed by atoms with Gasteiger partial charge in [-0.2, -0.15) is 5.26 Å². The summed E-state index contributed by atoms with van der Waals surface area (Å²) in [4.78, 5) is 3.85. The van der Waals surface area contributed by atoms with Crippen molar-refractivity contribution in [2.45, 2.75) is 0 Å². The molecular formula is C8H7BrClN3OS. The quantitative estimate of drug-likeness (QED) is 0.296. The standard InChI is InChI=1S/C8H7BrClN3OS/c1-15(14,13-5-11)8(9)6-2-3-7(10)12-4-6/h2-4H,1H3,(H,13,14). The van der Waals surface area contributed by atoms with Gasteiger partial charge in [0.1, 0.15) is 5.15 Å². The minimum absolute atomic E-state index is 0.356. The third-order valence-electron chi connectivity index (χ3n) is 1.54. The topological polar surface area (TPSA) is 65.8 Å². The van der Waals surface area contributed by atoms with Crippen molar-refractivity contribution < 1.29 is 4.21 Å². The van der Waals surface area contributed by atoms with Crippen molar-refractivity contribution in [3.63, 3.8) is 0 Å². The van der Waals surface area contributed by atoms with Gasteiger partial charge in [-0.1, -0.05) is 11.6 Å². The lowest BCUT2D eigenvalue weighted by Gasteiger charge is -2.06. The maximum atomic E-state index is 11.9. The van der Waals surface area contributed by atoms with Gasteiger partial charge in [-0.25, -0.2) is 13.9 Å². The highest BCUT2D eigenvalue weighted by molar-refractivity contribution is 9.20. The lowest BCUT2D eigenvalue weighted by Crippen LogP contribution is -2.22. The number of aromatic nitrogens is 1. The summed E-state index contributed by atoms with van der Waals surface area (Å²) in [5.41, 5.74) is 0.620. The zero-order valence-electron chi connectivity index (χ0n) is 7.70. The van der Waals surface area contributed by atoms with Gasteiger partial charge < -0.3 is 0 Å². The van der Waals surface area contributed by atoms with Crippen LogP contribution in [0, 0.1) is 11.5 Å². The Bertz CT molecular complexity index is 514. The van der Waals surface area contributed by atoms with Crippen LogP contribution in [0.2, 0.25) is 5.15 Å². The molecule has 1 aromatic rings. The summed E-state index contributed by atoms with van der Waals surface area (Å²) in [6.45, 7) is 0. The third-order valence-corrected chi connectivity index (χ3v) is 5.47. The Morgan fingerprint density at radius 2 is 2.40 bits per heavy atom. The fourth-order valence-corrected chi connectivity index (χ4v) is 2.27. The van der Waals surface area contributed by atoms with E-state index >= 15 is 0 Å². The van der Waals surface area contributed by atoms with Gasteiger partial charge in [-0.15, -0.1) is 0 Å². The lowest BCUT2D eigenvalue weighted by molar-refractivity contribution is 0.682. The molecule has 0 saturated heterocycles. The number of halogens is 2. The molecule has 0 spiro atoms. The van der Waals surface area contributed by atoms with E-state index in [1.165, 1.54) is 12.5 Å². The van der Waals surface area contributed by atoms with Crippen LogP contribution in [0.15, 0.2) is 18.3 Å². The molecule has 0 saturated carbocycles.